The fourth-order valence-electron chi connectivity index (χ4n) is 1.15. The third-order valence-corrected chi connectivity index (χ3v) is 2.90. The molecule has 0 spiro atoms. The highest BCUT2D eigenvalue weighted by Gasteiger charge is 2.12. The van der Waals surface area contributed by atoms with Crippen molar-refractivity contribution in [1.82, 2.24) is 10.2 Å². The van der Waals surface area contributed by atoms with E-state index in [4.69, 9.17) is 5.73 Å². The second-order valence-corrected chi connectivity index (χ2v) is 4.00. The molecule has 0 fully saturated rings. The van der Waals surface area contributed by atoms with Crippen molar-refractivity contribution in [3.05, 3.63) is 28.1 Å². The van der Waals surface area contributed by atoms with E-state index < -0.39 is 0 Å². The quantitative estimate of drug-likeness (QED) is 0.721. The lowest BCUT2D eigenvalue weighted by Crippen LogP contribution is -2.12. The van der Waals surface area contributed by atoms with Gasteiger partial charge >= 0.3 is 0 Å². The van der Waals surface area contributed by atoms with E-state index in [-0.39, 0.29) is 5.91 Å². The van der Waals surface area contributed by atoms with Crippen molar-refractivity contribution in [2.45, 2.75) is 6.92 Å². The summed E-state index contributed by atoms with van der Waals surface area (Å²) in [6, 6.07) is 1.71. The van der Waals surface area contributed by atoms with Crippen LogP contribution in [0.15, 0.2) is 17.6 Å². The van der Waals surface area contributed by atoms with Crippen molar-refractivity contribution in [2.24, 2.45) is 0 Å². The highest BCUT2D eigenvalue weighted by Crippen LogP contribution is 2.20. The summed E-state index contributed by atoms with van der Waals surface area (Å²) in [6.07, 6.45) is 1.65. The van der Waals surface area contributed by atoms with Crippen molar-refractivity contribution in [2.75, 3.05) is 11.1 Å². The fraction of sp³-hybridized carbons (Fsp3) is 0.111. The van der Waals surface area contributed by atoms with Gasteiger partial charge in [0.05, 0.1) is 11.9 Å². The Balaban J connectivity index is 2.18. The van der Waals surface area contributed by atoms with Gasteiger partial charge < -0.3 is 11.1 Å². The molecule has 0 saturated carbocycles. The number of nitrogens with zero attached hydrogens (tertiary/aromatic N) is 1. The molecule has 0 aromatic carbocycles. The number of amides is 1. The van der Waals surface area contributed by atoms with Crippen LogP contribution in [0.25, 0.3) is 0 Å². The van der Waals surface area contributed by atoms with E-state index in [2.05, 4.69) is 15.5 Å². The maximum Gasteiger partial charge on any atom is 0.268 e. The molecular weight excluding hydrogens is 212 g/mol. The van der Waals surface area contributed by atoms with Gasteiger partial charge in [0.25, 0.3) is 5.91 Å². The molecule has 0 aliphatic carbocycles. The van der Waals surface area contributed by atoms with Crippen molar-refractivity contribution < 1.29 is 4.79 Å². The van der Waals surface area contributed by atoms with Crippen LogP contribution in [0.3, 0.4) is 0 Å². The predicted molar refractivity (Wildman–Crippen MR) is 60.0 cm³/mol. The number of carbonyl (C=O) groups excluding carboxylic acids is 1. The molecule has 0 unspecified atom stereocenters. The van der Waals surface area contributed by atoms with E-state index in [1.165, 1.54) is 11.3 Å². The Morgan fingerprint density at radius 1 is 1.67 bits per heavy atom. The zero-order valence-electron chi connectivity index (χ0n) is 8.07. The normalized spacial score (nSPS) is 10.2. The van der Waals surface area contributed by atoms with E-state index in [1.807, 2.05) is 6.92 Å². The number of carbonyl (C=O) groups is 1. The van der Waals surface area contributed by atoms with Gasteiger partial charge in [-0.05, 0) is 18.4 Å². The predicted octanol–water partition coefficient (Wildman–Crippen LogP) is 1.61. The number of anilines is 2. The SMILES string of the molecule is Cc1cn[nH]c1NC(=O)c1sccc1N. The second kappa shape index (κ2) is 3.74. The number of nitrogens with one attached hydrogen (secondary N) is 2. The monoisotopic (exact) mass is 222 g/mol. The zero-order chi connectivity index (χ0) is 10.8. The van der Waals surface area contributed by atoms with Crippen LogP contribution < -0.4 is 11.1 Å². The van der Waals surface area contributed by atoms with E-state index in [0.717, 1.165) is 5.56 Å². The molecule has 0 saturated heterocycles. The Kier molecular flexibility index (Phi) is 2.42. The number of hydrogen-bond donors (Lipinski definition) is 3. The van der Waals surface area contributed by atoms with Gasteiger partial charge in [0.2, 0.25) is 0 Å². The van der Waals surface area contributed by atoms with Crippen LogP contribution >= 0.6 is 11.3 Å². The lowest BCUT2D eigenvalue weighted by molar-refractivity contribution is 0.103. The third kappa shape index (κ3) is 1.84. The van der Waals surface area contributed by atoms with Gasteiger partial charge in [-0.2, -0.15) is 5.10 Å². The van der Waals surface area contributed by atoms with Crippen LogP contribution in [-0.2, 0) is 0 Å². The van der Waals surface area contributed by atoms with Crippen LogP contribution in [0.1, 0.15) is 15.2 Å². The number of aryl methyl sites for hydroxylation is 1. The van der Waals surface area contributed by atoms with Crippen LogP contribution in [0, 0.1) is 6.92 Å². The molecule has 0 bridgehead atoms. The Hall–Kier alpha value is -1.82. The molecule has 2 aromatic rings. The molecule has 15 heavy (non-hydrogen) atoms. The molecule has 0 atom stereocenters. The number of rotatable bonds is 2. The van der Waals surface area contributed by atoms with Gasteiger partial charge in [0.15, 0.2) is 0 Å². The van der Waals surface area contributed by atoms with Gasteiger partial charge in [0, 0.05) is 5.56 Å². The Bertz CT molecular complexity index is 488. The van der Waals surface area contributed by atoms with E-state index >= 15 is 0 Å². The number of aromatic amines is 1. The standard InChI is InChI=1S/C9H10N4OS/c1-5-4-11-13-8(5)12-9(14)7-6(10)2-3-15-7/h2-4H,10H2,1H3,(H2,11,12,13,14). The molecule has 78 valence electrons. The Morgan fingerprint density at radius 3 is 3.00 bits per heavy atom. The first-order valence-electron chi connectivity index (χ1n) is 4.33. The molecule has 1 amide bonds. The summed E-state index contributed by atoms with van der Waals surface area (Å²) < 4.78 is 0. The van der Waals surface area contributed by atoms with Crippen molar-refractivity contribution in [3.8, 4) is 0 Å². The van der Waals surface area contributed by atoms with Gasteiger partial charge in [-0.3, -0.25) is 9.89 Å². The summed E-state index contributed by atoms with van der Waals surface area (Å²) in [5, 5.41) is 11.0. The molecule has 2 heterocycles. The fourth-order valence-corrected chi connectivity index (χ4v) is 1.86. The molecule has 5 nitrogen and oxygen atoms in total. The molecular formula is C9H10N4OS. The lowest BCUT2D eigenvalue weighted by atomic mass is 10.3. The number of H-pyrrole nitrogens is 1. The van der Waals surface area contributed by atoms with Crippen molar-refractivity contribution >= 4 is 28.7 Å². The third-order valence-electron chi connectivity index (χ3n) is 1.97. The minimum atomic E-state index is -0.213. The van der Waals surface area contributed by atoms with E-state index in [9.17, 15) is 4.79 Å². The number of aromatic nitrogens is 2. The first-order valence-corrected chi connectivity index (χ1v) is 5.20. The highest BCUT2D eigenvalue weighted by molar-refractivity contribution is 7.12. The smallest absolute Gasteiger partial charge is 0.268 e. The Labute approximate surface area is 90.3 Å². The van der Waals surface area contributed by atoms with Crippen LogP contribution in [0.5, 0.6) is 0 Å². The van der Waals surface area contributed by atoms with Gasteiger partial charge in [-0.1, -0.05) is 0 Å². The van der Waals surface area contributed by atoms with Crippen LogP contribution in [0.2, 0.25) is 0 Å². The summed E-state index contributed by atoms with van der Waals surface area (Å²) in [6.45, 7) is 1.86. The first-order chi connectivity index (χ1) is 7.18. The average Bonchev–Trinajstić information content (AvgIpc) is 2.76. The summed E-state index contributed by atoms with van der Waals surface area (Å²) >= 11 is 1.31. The first kappa shape index (κ1) is 9.72. The second-order valence-electron chi connectivity index (χ2n) is 3.09. The van der Waals surface area contributed by atoms with Gasteiger partial charge in [-0.15, -0.1) is 11.3 Å². The van der Waals surface area contributed by atoms with Crippen LogP contribution in [-0.4, -0.2) is 16.1 Å². The molecule has 6 heteroatoms. The Morgan fingerprint density at radius 2 is 2.47 bits per heavy atom. The van der Waals surface area contributed by atoms with Crippen molar-refractivity contribution in [1.29, 1.82) is 0 Å². The summed E-state index contributed by atoms with van der Waals surface area (Å²) in [5.74, 6) is 0.391. The number of nitrogen functional groups attached to an aromatic ring is 1. The minimum absolute atomic E-state index is 0.213. The summed E-state index contributed by atoms with van der Waals surface area (Å²) in [5.41, 5.74) is 7.01. The molecule has 0 radical (unpaired) electrons. The molecule has 0 aliphatic rings. The molecule has 2 rings (SSSR count). The summed E-state index contributed by atoms with van der Waals surface area (Å²) in [4.78, 5) is 12.2. The highest BCUT2D eigenvalue weighted by atomic mass is 32.1. The number of hydrogen-bond acceptors (Lipinski definition) is 4. The number of nitrogens with two attached hydrogens (primary N) is 1. The average molecular weight is 222 g/mol. The topological polar surface area (TPSA) is 83.8 Å². The molecule has 0 aliphatic heterocycles. The summed E-state index contributed by atoms with van der Waals surface area (Å²) in [7, 11) is 0. The van der Waals surface area contributed by atoms with Gasteiger partial charge in [-0.25, -0.2) is 0 Å². The minimum Gasteiger partial charge on any atom is -0.397 e. The molecule has 2 aromatic heterocycles. The maximum atomic E-state index is 11.7. The van der Waals surface area contributed by atoms with E-state index in [1.54, 1.807) is 17.6 Å². The van der Waals surface area contributed by atoms with Crippen molar-refractivity contribution in [3.63, 3.8) is 0 Å². The number of thiophene rings is 1. The lowest BCUT2D eigenvalue weighted by Gasteiger charge is -2.02. The maximum absolute atomic E-state index is 11.7. The van der Waals surface area contributed by atoms with Crippen LogP contribution in [0.4, 0.5) is 11.5 Å². The molecule has 4 N–H and O–H groups in total. The van der Waals surface area contributed by atoms with E-state index in [0.29, 0.717) is 16.4 Å². The largest absolute Gasteiger partial charge is 0.397 e. The van der Waals surface area contributed by atoms with Gasteiger partial charge in [0.1, 0.15) is 10.7 Å². The zero-order valence-corrected chi connectivity index (χ0v) is 8.89.